The van der Waals surface area contributed by atoms with Crippen LogP contribution in [0.2, 0.25) is 0 Å². The highest BCUT2D eigenvalue weighted by molar-refractivity contribution is 6.28. The van der Waals surface area contributed by atoms with Crippen molar-refractivity contribution >= 4 is 17.3 Å². The Labute approximate surface area is 168 Å². The molecule has 5 rings (SSSR count). The molecule has 1 heterocycles. The lowest BCUT2D eigenvalue weighted by molar-refractivity contribution is 0.0881. The van der Waals surface area contributed by atoms with Gasteiger partial charge in [0.05, 0.1) is 14.2 Å². The van der Waals surface area contributed by atoms with Gasteiger partial charge < -0.3 is 14.4 Å². The average Bonchev–Trinajstić information content (AvgIpc) is 3.49. The molecule has 0 spiro atoms. The first-order valence-corrected chi connectivity index (χ1v) is 9.39. The molecule has 0 bridgehead atoms. The summed E-state index contributed by atoms with van der Waals surface area (Å²) in [7, 11) is 3.21. The van der Waals surface area contributed by atoms with Gasteiger partial charge in [-0.2, -0.15) is 0 Å². The zero-order valence-electron chi connectivity index (χ0n) is 16.1. The van der Waals surface area contributed by atoms with Crippen LogP contribution in [0.4, 0.5) is 5.69 Å². The number of hydrogen-bond donors (Lipinski definition) is 0. The van der Waals surface area contributed by atoms with Gasteiger partial charge in [-0.1, -0.05) is 36.4 Å². The van der Waals surface area contributed by atoms with Crippen LogP contribution in [0.25, 0.3) is 0 Å². The second kappa shape index (κ2) is 6.21. The van der Waals surface area contributed by atoms with Crippen LogP contribution in [0.1, 0.15) is 26.3 Å². The van der Waals surface area contributed by atoms with Crippen LogP contribution in [0, 0.1) is 0 Å². The van der Waals surface area contributed by atoms with E-state index in [-0.39, 0.29) is 11.6 Å². The van der Waals surface area contributed by atoms with Crippen molar-refractivity contribution in [3.8, 4) is 11.5 Å². The van der Waals surface area contributed by atoms with Gasteiger partial charge in [-0.05, 0) is 42.0 Å². The molecule has 5 heteroatoms. The quantitative estimate of drug-likeness (QED) is 0.638. The monoisotopic (exact) mass is 385 g/mol. The van der Waals surface area contributed by atoms with E-state index < -0.39 is 11.6 Å². The molecule has 1 saturated heterocycles. The standard InChI is InChI=1S/C24H19NO4/c1-28-17-11-7-15(8-12-17)24-22(25(24)16-9-13-18(29-2)14-10-16)21(26)19-5-3-4-6-20(19)23(24)27/h3-14,22H,1-2H3. The number of ether oxygens (including phenoxy) is 2. The molecule has 1 aliphatic heterocycles. The van der Waals surface area contributed by atoms with E-state index in [0.29, 0.717) is 16.9 Å². The van der Waals surface area contributed by atoms with Crippen molar-refractivity contribution in [2.24, 2.45) is 0 Å². The molecular formula is C24H19NO4. The van der Waals surface area contributed by atoms with E-state index in [1.165, 1.54) is 0 Å². The van der Waals surface area contributed by atoms with E-state index in [9.17, 15) is 9.59 Å². The molecule has 0 saturated carbocycles. The van der Waals surface area contributed by atoms with Gasteiger partial charge in [0.1, 0.15) is 17.5 Å². The summed E-state index contributed by atoms with van der Waals surface area (Å²) in [6, 6.07) is 21.3. The zero-order valence-corrected chi connectivity index (χ0v) is 16.1. The van der Waals surface area contributed by atoms with Crippen LogP contribution in [0.5, 0.6) is 11.5 Å². The van der Waals surface area contributed by atoms with E-state index in [1.54, 1.807) is 38.5 Å². The highest BCUT2D eigenvalue weighted by atomic mass is 16.5. The number of rotatable bonds is 4. The molecule has 29 heavy (non-hydrogen) atoms. The molecule has 144 valence electrons. The highest BCUT2D eigenvalue weighted by Gasteiger charge is 2.74. The third-order valence-corrected chi connectivity index (χ3v) is 5.88. The molecule has 3 aromatic carbocycles. The second-order valence-electron chi connectivity index (χ2n) is 7.20. The number of ketones is 2. The molecule has 2 atom stereocenters. The van der Waals surface area contributed by atoms with Crippen molar-refractivity contribution in [3.05, 3.63) is 89.5 Å². The maximum absolute atomic E-state index is 13.7. The van der Waals surface area contributed by atoms with Gasteiger partial charge in [0.15, 0.2) is 17.1 Å². The van der Waals surface area contributed by atoms with Gasteiger partial charge in [-0.3, -0.25) is 9.59 Å². The van der Waals surface area contributed by atoms with Crippen molar-refractivity contribution in [2.45, 2.75) is 11.6 Å². The Morgan fingerprint density at radius 3 is 1.90 bits per heavy atom. The molecule has 5 nitrogen and oxygen atoms in total. The third-order valence-electron chi connectivity index (χ3n) is 5.88. The maximum Gasteiger partial charge on any atom is 0.196 e. The van der Waals surface area contributed by atoms with Gasteiger partial charge >= 0.3 is 0 Å². The minimum absolute atomic E-state index is 0.0353. The van der Waals surface area contributed by atoms with Crippen LogP contribution in [0.3, 0.4) is 0 Å². The van der Waals surface area contributed by atoms with Gasteiger partial charge in [0.25, 0.3) is 0 Å². The minimum Gasteiger partial charge on any atom is -0.497 e. The number of hydrogen-bond acceptors (Lipinski definition) is 5. The Hall–Kier alpha value is -3.60. The first-order chi connectivity index (χ1) is 14.1. The Kier molecular flexibility index (Phi) is 3.74. The molecule has 0 radical (unpaired) electrons. The van der Waals surface area contributed by atoms with Crippen LogP contribution in [-0.4, -0.2) is 31.8 Å². The Balaban J connectivity index is 1.69. The molecule has 0 N–H and O–H groups in total. The summed E-state index contributed by atoms with van der Waals surface area (Å²) in [5, 5.41) is 0. The number of carbonyl (C=O) groups excluding carboxylic acids is 2. The van der Waals surface area contributed by atoms with Crippen molar-refractivity contribution in [1.82, 2.24) is 0 Å². The van der Waals surface area contributed by atoms with Crippen molar-refractivity contribution in [1.29, 1.82) is 0 Å². The fraction of sp³-hybridized carbons (Fsp3) is 0.167. The average molecular weight is 385 g/mol. The minimum atomic E-state index is -1.04. The Bertz CT molecular complexity index is 1120. The van der Waals surface area contributed by atoms with Gasteiger partial charge in [0, 0.05) is 16.8 Å². The SMILES string of the molecule is COc1ccc(N2C3C(=O)c4ccccc4C(=O)C32c2ccc(OC)cc2)cc1. The van der Waals surface area contributed by atoms with Crippen molar-refractivity contribution in [3.63, 3.8) is 0 Å². The number of methoxy groups -OCH3 is 2. The summed E-state index contributed by atoms with van der Waals surface area (Å²) >= 11 is 0. The molecule has 2 unspecified atom stereocenters. The van der Waals surface area contributed by atoms with Crippen molar-refractivity contribution in [2.75, 3.05) is 19.1 Å². The van der Waals surface area contributed by atoms with E-state index in [2.05, 4.69) is 0 Å². The predicted molar refractivity (Wildman–Crippen MR) is 109 cm³/mol. The smallest absolute Gasteiger partial charge is 0.196 e. The summed E-state index contributed by atoms with van der Waals surface area (Å²) < 4.78 is 10.5. The molecular weight excluding hydrogens is 366 g/mol. The number of nitrogens with zero attached hydrogens (tertiary/aromatic N) is 1. The number of benzene rings is 3. The van der Waals surface area contributed by atoms with E-state index in [0.717, 1.165) is 17.0 Å². The lowest BCUT2D eigenvalue weighted by Gasteiger charge is -2.21. The first kappa shape index (κ1) is 17.5. The predicted octanol–water partition coefficient (Wildman–Crippen LogP) is 3.87. The molecule has 1 fully saturated rings. The van der Waals surface area contributed by atoms with Gasteiger partial charge in [-0.25, -0.2) is 0 Å². The molecule has 2 aliphatic rings. The van der Waals surface area contributed by atoms with Crippen molar-refractivity contribution < 1.29 is 19.1 Å². The third kappa shape index (κ3) is 2.27. The summed E-state index contributed by atoms with van der Waals surface area (Å²) in [6.07, 6.45) is 0. The molecule has 0 aromatic heterocycles. The summed E-state index contributed by atoms with van der Waals surface area (Å²) in [4.78, 5) is 29.0. The highest BCUT2D eigenvalue weighted by Crippen LogP contribution is 2.58. The molecule has 0 amide bonds. The number of carbonyl (C=O) groups is 2. The van der Waals surface area contributed by atoms with Crippen LogP contribution >= 0.6 is 0 Å². The van der Waals surface area contributed by atoms with E-state index in [4.69, 9.17) is 9.47 Å². The van der Waals surface area contributed by atoms with E-state index in [1.807, 2.05) is 53.4 Å². The van der Waals surface area contributed by atoms with Crippen LogP contribution in [-0.2, 0) is 5.54 Å². The largest absolute Gasteiger partial charge is 0.497 e. The number of Topliss-reactive ketones (excluding diaryl/α,β-unsaturated/α-hetero) is 2. The second-order valence-corrected chi connectivity index (χ2v) is 7.20. The lowest BCUT2D eigenvalue weighted by atomic mass is 9.78. The normalized spacial score (nSPS) is 22.0. The zero-order chi connectivity index (χ0) is 20.2. The first-order valence-electron chi connectivity index (χ1n) is 9.39. The Morgan fingerprint density at radius 1 is 0.759 bits per heavy atom. The van der Waals surface area contributed by atoms with Crippen LogP contribution in [0.15, 0.2) is 72.8 Å². The molecule has 1 aliphatic carbocycles. The summed E-state index contributed by atoms with van der Waals surface area (Å²) in [5.41, 5.74) is 1.52. The summed E-state index contributed by atoms with van der Waals surface area (Å²) in [5.74, 6) is 1.33. The van der Waals surface area contributed by atoms with Crippen LogP contribution < -0.4 is 14.4 Å². The maximum atomic E-state index is 13.7. The number of fused-ring (bicyclic) bond motifs is 2. The summed E-state index contributed by atoms with van der Waals surface area (Å²) in [6.45, 7) is 0. The lowest BCUT2D eigenvalue weighted by Crippen LogP contribution is -2.35. The number of anilines is 1. The van der Waals surface area contributed by atoms with Gasteiger partial charge in [0.2, 0.25) is 0 Å². The van der Waals surface area contributed by atoms with E-state index >= 15 is 0 Å². The topological polar surface area (TPSA) is 55.6 Å². The van der Waals surface area contributed by atoms with Gasteiger partial charge in [-0.15, -0.1) is 0 Å². The molecule has 3 aromatic rings. The fourth-order valence-electron chi connectivity index (χ4n) is 4.45. The Morgan fingerprint density at radius 2 is 1.31 bits per heavy atom. The fourth-order valence-corrected chi connectivity index (χ4v) is 4.45.